The summed E-state index contributed by atoms with van der Waals surface area (Å²) >= 11 is 0. The molecule has 0 bridgehead atoms. The molecule has 0 heteroatoms. The van der Waals surface area contributed by atoms with Crippen LogP contribution in [0.2, 0.25) is 0 Å². The summed E-state index contributed by atoms with van der Waals surface area (Å²) in [6.07, 6.45) is 9.06. The Morgan fingerprint density at radius 3 is 0.706 bits per heavy atom. The SMILES string of the molecule is c1ccc(CCC(CCc2ccccc2)=C(CCc2ccccc2)CCc2ccccc2)cc1. The van der Waals surface area contributed by atoms with Crippen LogP contribution in [-0.2, 0) is 25.7 Å². The van der Waals surface area contributed by atoms with E-state index in [-0.39, 0.29) is 0 Å². The zero-order valence-electron chi connectivity index (χ0n) is 20.2. The molecule has 0 aliphatic carbocycles. The second-order valence-electron chi connectivity index (χ2n) is 9.15. The fraction of sp³-hybridized carbons (Fsp3) is 0.235. The zero-order valence-corrected chi connectivity index (χ0v) is 20.2. The second-order valence-corrected chi connectivity index (χ2v) is 9.15. The van der Waals surface area contributed by atoms with Gasteiger partial charge in [0.1, 0.15) is 0 Å². The van der Waals surface area contributed by atoms with Crippen molar-refractivity contribution in [3.05, 3.63) is 155 Å². The molecule has 0 saturated heterocycles. The zero-order chi connectivity index (χ0) is 23.3. The van der Waals surface area contributed by atoms with E-state index < -0.39 is 0 Å². The molecule has 0 amide bonds. The minimum absolute atomic E-state index is 1.12. The Morgan fingerprint density at radius 1 is 0.294 bits per heavy atom. The molecule has 0 spiro atoms. The lowest BCUT2D eigenvalue weighted by molar-refractivity contribution is 0.750. The van der Waals surface area contributed by atoms with Crippen molar-refractivity contribution in [1.82, 2.24) is 0 Å². The van der Waals surface area contributed by atoms with Crippen LogP contribution in [0.25, 0.3) is 0 Å². The third-order valence-corrected chi connectivity index (χ3v) is 6.73. The van der Waals surface area contributed by atoms with Crippen LogP contribution in [0.3, 0.4) is 0 Å². The average molecular weight is 445 g/mol. The average Bonchev–Trinajstić information content (AvgIpc) is 2.91. The van der Waals surface area contributed by atoms with Crippen LogP contribution in [-0.4, -0.2) is 0 Å². The second kappa shape index (κ2) is 13.4. The van der Waals surface area contributed by atoms with Crippen molar-refractivity contribution >= 4 is 0 Å². The predicted molar refractivity (Wildman–Crippen MR) is 146 cm³/mol. The van der Waals surface area contributed by atoms with Crippen LogP contribution in [0.4, 0.5) is 0 Å². The van der Waals surface area contributed by atoms with Crippen LogP contribution in [0.1, 0.15) is 47.9 Å². The first kappa shape index (κ1) is 23.8. The van der Waals surface area contributed by atoms with Crippen LogP contribution in [0.5, 0.6) is 0 Å². The highest BCUT2D eigenvalue weighted by Gasteiger charge is 2.10. The fourth-order valence-corrected chi connectivity index (χ4v) is 4.72. The van der Waals surface area contributed by atoms with Gasteiger partial charge in [0.25, 0.3) is 0 Å². The summed E-state index contributed by atoms with van der Waals surface area (Å²) in [6, 6.07) is 43.9. The number of hydrogen-bond donors (Lipinski definition) is 0. The van der Waals surface area contributed by atoms with Gasteiger partial charge in [0.15, 0.2) is 0 Å². The fourth-order valence-electron chi connectivity index (χ4n) is 4.72. The summed E-state index contributed by atoms with van der Waals surface area (Å²) in [7, 11) is 0. The lowest BCUT2D eigenvalue weighted by Gasteiger charge is -2.17. The van der Waals surface area contributed by atoms with E-state index in [1.54, 1.807) is 11.1 Å². The molecule has 172 valence electrons. The number of rotatable bonds is 12. The molecular weight excluding hydrogens is 408 g/mol. The molecule has 0 fully saturated rings. The molecule has 4 aromatic rings. The molecule has 0 radical (unpaired) electrons. The van der Waals surface area contributed by atoms with Crippen molar-refractivity contribution in [1.29, 1.82) is 0 Å². The van der Waals surface area contributed by atoms with Crippen LogP contribution in [0.15, 0.2) is 132 Å². The van der Waals surface area contributed by atoms with Gasteiger partial charge in [0.05, 0.1) is 0 Å². The number of aryl methyl sites for hydroxylation is 4. The molecular formula is C34H36. The van der Waals surface area contributed by atoms with Gasteiger partial charge >= 0.3 is 0 Å². The number of benzene rings is 4. The molecule has 0 unspecified atom stereocenters. The summed E-state index contributed by atoms with van der Waals surface area (Å²) in [5, 5.41) is 0. The third kappa shape index (κ3) is 7.89. The molecule has 4 aromatic carbocycles. The Hall–Kier alpha value is -3.38. The van der Waals surface area contributed by atoms with Crippen LogP contribution in [0, 0.1) is 0 Å². The van der Waals surface area contributed by atoms with Crippen LogP contribution >= 0.6 is 0 Å². The van der Waals surface area contributed by atoms with Gasteiger partial charge < -0.3 is 0 Å². The highest BCUT2D eigenvalue weighted by molar-refractivity contribution is 5.26. The maximum absolute atomic E-state index is 2.27. The Bertz CT molecular complexity index is 926. The number of allylic oxidation sites excluding steroid dienone is 2. The summed E-state index contributed by atoms with van der Waals surface area (Å²) in [6.45, 7) is 0. The van der Waals surface area contributed by atoms with Gasteiger partial charge in [-0.15, -0.1) is 0 Å². The molecule has 0 N–H and O–H groups in total. The van der Waals surface area contributed by atoms with E-state index in [1.807, 2.05) is 0 Å². The standard InChI is InChI=1S/C34H36/c1-5-13-29(14-6-1)21-25-33(26-22-30-15-7-2-8-16-30)34(27-23-31-17-9-3-10-18-31)28-24-32-19-11-4-12-20-32/h1-20H,21-28H2. The Morgan fingerprint density at radius 2 is 0.500 bits per heavy atom. The molecule has 0 saturated carbocycles. The smallest absolute Gasteiger partial charge is 0.0241 e. The number of hydrogen-bond acceptors (Lipinski definition) is 0. The topological polar surface area (TPSA) is 0 Å². The van der Waals surface area contributed by atoms with E-state index in [9.17, 15) is 0 Å². The van der Waals surface area contributed by atoms with Gasteiger partial charge in [0, 0.05) is 0 Å². The highest BCUT2D eigenvalue weighted by Crippen LogP contribution is 2.26. The summed E-state index contributed by atoms with van der Waals surface area (Å²) in [4.78, 5) is 0. The Labute approximate surface area is 206 Å². The maximum atomic E-state index is 2.27. The quantitative estimate of drug-likeness (QED) is 0.191. The molecule has 34 heavy (non-hydrogen) atoms. The van der Waals surface area contributed by atoms with Gasteiger partial charge in [-0.3, -0.25) is 0 Å². The monoisotopic (exact) mass is 444 g/mol. The first-order valence-corrected chi connectivity index (χ1v) is 12.7. The van der Waals surface area contributed by atoms with Gasteiger partial charge in [-0.05, 0) is 73.6 Å². The predicted octanol–water partition coefficient (Wildman–Crippen LogP) is 8.81. The first-order chi connectivity index (χ1) is 16.9. The van der Waals surface area contributed by atoms with Crippen molar-refractivity contribution in [2.24, 2.45) is 0 Å². The van der Waals surface area contributed by atoms with E-state index in [0.29, 0.717) is 0 Å². The van der Waals surface area contributed by atoms with E-state index >= 15 is 0 Å². The minimum atomic E-state index is 1.12. The van der Waals surface area contributed by atoms with E-state index in [0.717, 1.165) is 51.4 Å². The van der Waals surface area contributed by atoms with E-state index in [2.05, 4.69) is 121 Å². The molecule has 0 aliphatic rings. The largest absolute Gasteiger partial charge is 0.0703 e. The van der Waals surface area contributed by atoms with E-state index in [4.69, 9.17) is 0 Å². The molecule has 4 rings (SSSR count). The van der Waals surface area contributed by atoms with Gasteiger partial charge in [0.2, 0.25) is 0 Å². The minimum Gasteiger partial charge on any atom is -0.0703 e. The van der Waals surface area contributed by atoms with Crippen molar-refractivity contribution < 1.29 is 0 Å². The van der Waals surface area contributed by atoms with E-state index in [1.165, 1.54) is 22.3 Å². The van der Waals surface area contributed by atoms with Crippen molar-refractivity contribution in [3.8, 4) is 0 Å². The molecule has 0 aliphatic heterocycles. The Kier molecular flexibility index (Phi) is 9.34. The van der Waals surface area contributed by atoms with Crippen molar-refractivity contribution in [3.63, 3.8) is 0 Å². The van der Waals surface area contributed by atoms with Crippen molar-refractivity contribution in [2.45, 2.75) is 51.4 Å². The van der Waals surface area contributed by atoms with Crippen molar-refractivity contribution in [2.75, 3.05) is 0 Å². The summed E-state index contributed by atoms with van der Waals surface area (Å²) in [5.74, 6) is 0. The van der Waals surface area contributed by atoms with Crippen LogP contribution < -0.4 is 0 Å². The van der Waals surface area contributed by atoms with Gasteiger partial charge in [-0.1, -0.05) is 132 Å². The molecule has 0 heterocycles. The summed E-state index contributed by atoms with van der Waals surface area (Å²) in [5.41, 5.74) is 9.07. The molecule has 0 aromatic heterocycles. The lowest BCUT2D eigenvalue weighted by atomic mass is 9.88. The van der Waals surface area contributed by atoms with Gasteiger partial charge in [-0.25, -0.2) is 0 Å². The molecule has 0 atom stereocenters. The summed E-state index contributed by atoms with van der Waals surface area (Å²) < 4.78 is 0. The van der Waals surface area contributed by atoms with Gasteiger partial charge in [-0.2, -0.15) is 0 Å². The lowest BCUT2D eigenvalue weighted by Crippen LogP contribution is -2.02. The third-order valence-electron chi connectivity index (χ3n) is 6.73. The maximum Gasteiger partial charge on any atom is -0.0241 e. The Balaban J connectivity index is 1.56. The first-order valence-electron chi connectivity index (χ1n) is 12.7. The normalized spacial score (nSPS) is 10.7. The molecule has 0 nitrogen and oxygen atoms in total. The highest BCUT2D eigenvalue weighted by atomic mass is 14.2.